The van der Waals surface area contributed by atoms with Crippen LogP contribution in [0.25, 0.3) is 10.8 Å². The second kappa shape index (κ2) is 7.38. The Morgan fingerprint density at radius 2 is 1.59 bits per heavy atom. The largest absolute Gasteiger partial charge is 0.298 e. The van der Waals surface area contributed by atoms with Crippen molar-refractivity contribution in [3.05, 3.63) is 42.0 Å². The molecular formula is C19H27NOS. The predicted molar refractivity (Wildman–Crippen MR) is 97.0 cm³/mol. The summed E-state index contributed by atoms with van der Waals surface area (Å²) < 4.78 is 12.1. The maximum atomic E-state index is 12.1. The van der Waals surface area contributed by atoms with Gasteiger partial charge in [-0.15, -0.1) is 0 Å². The molecule has 0 fully saturated rings. The van der Waals surface area contributed by atoms with Crippen LogP contribution in [-0.2, 0) is 17.2 Å². The van der Waals surface area contributed by atoms with Gasteiger partial charge in [0.1, 0.15) is 0 Å². The SMILES string of the molecule is CC(C)N(CCc1cccc2cccc(S(C)=O)c12)C(C)C. The van der Waals surface area contributed by atoms with E-state index in [2.05, 4.69) is 56.9 Å². The van der Waals surface area contributed by atoms with E-state index < -0.39 is 10.8 Å². The zero-order valence-electron chi connectivity index (χ0n) is 14.3. The molecule has 1 unspecified atom stereocenters. The van der Waals surface area contributed by atoms with Gasteiger partial charge < -0.3 is 0 Å². The first-order valence-corrected chi connectivity index (χ1v) is 9.57. The Labute approximate surface area is 137 Å². The molecule has 0 spiro atoms. The van der Waals surface area contributed by atoms with Gasteiger partial charge in [-0.3, -0.25) is 9.11 Å². The molecular weight excluding hydrogens is 290 g/mol. The first-order chi connectivity index (χ1) is 10.4. The van der Waals surface area contributed by atoms with Crippen molar-refractivity contribution in [1.82, 2.24) is 4.90 Å². The van der Waals surface area contributed by atoms with Gasteiger partial charge in [-0.25, -0.2) is 0 Å². The lowest BCUT2D eigenvalue weighted by Gasteiger charge is -2.30. The minimum Gasteiger partial charge on any atom is -0.298 e. The molecule has 0 aliphatic carbocycles. The standard InChI is InChI=1S/C19H27NOS/c1-14(2)20(15(3)4)13-12-17-9-6-8-16-10-7-11-18(19(16)17)22(5)21/h6-11,14-15H,12-13H2,1-5H3. The fraction of sp³-hybridized carbons (Fsp3) is 0.474. The van der Waals surface area contributed by atoms with Crippen LogP contribution in [0.3, 0.4) is 0 Å². The van der Waals surface area contributed by atoms with Gasteiger partial charge in [0.15, 0.2) is 0 Å². The van der Waals surface area contributed by atoms with E-state index in [0.717, 1.165) is 17.9 Å². The highest BCUT2D eigenvalue weighted by molar-refractivity contribution is 7.84. The second-order valence-electron chi connectivity index (χ2n) is 6.40. The van der Waals surface area contributed by atoms with Crippen molar-refractivity contribution in [3.63, 3.8) is 0 Å². The Balaban J connectivity index is 2.37. The Bertz CT molecular complexity index is 650. The summed E-state index contributed by atoms with van der Waals surface area (Å²) in [6, 6.07) is 13.6. The third-order valence-corrected chi connectivity index (χ3v) is 5.19. The highest BCUT2D eigenvalue weighted by atomic mass is 32.2. The number of hydrogen-bond donors (Lipinski definition) is 0. The molecule has 2 aromatic carbocycles. The molecule has 120 valence electrons. The van der Waals surface area contributed by atoms with E-state index >= 15 is 0 Å². The molecule has 22 heavy (non-hydrogen) atoms. The molecule has 0 aliphatic heterocycles. The molecule has 0 aliphatic rings. The Morgan fingerprint density at radius 1 is 1.00 bits per heavy atom. The molecule has 2 rings (SSSR count). The highest BCUT2D eigenvalue weighted by Crippen LogP contribution is 2.26. The van der Waals surface area contributed by atoms with Crippen LogP contribution in [0.1, 0.15) is 33.3 Å². The first-order valence-electron chi connectivity index (χ1n) is 8.01. The van der Waals surface area contributed by atoms with E-state index in [4.69, 9.17) is 0 Å². The zero-order valence-corrected chi connectivity index (χ0v) is 15.1. The first kappa shape index (κ1) is 17.2. The summed E-state index contributed by atoms with van der Waals surface area (Å²) in [4.78, 5) is 3.46. The summed E-state index contributed by atoms with van der Waals surface area (Å²) in [5.41, 5.74) is 1.30. The van der Waals surface area contributed by atoms with Gasteiger partial charge in [0.25, 0.3) is 0 Å². The molecule has 0 saturated carbocycles. The maximum Gasteiger partial charge on any atom is 0.0504 e. The summed E-state index contributed by atoms with van der Waals surface area (Å²) in [5, 5.41) is 2.36. The van der Waals surface area contributed by atoms with E-state index in [-0.39, 0.29) is 0 Å². The lowest BCUT2D eigenvalue weighted by molar-refractivity contribution is 0.177. The summed E-state index contributed by atoms with van der Waals surface area (Å²) in [7, 11) is -0.959. The van der Waals surface area contributed by atoms with Gasteiger partial charge in [0.05, 0.1) is 10.8 Å². The molecule has 0 heterocycles. The third-order valence-electron chi connectivity index (χ3n) is 4.23. The lowest BCUT2D eigenvalue weighted by Crippen LogP contribution is -2.38. The van der Waals surface area contributed by atoms with Crippen LogP contribution < -0.4 is 0 Å². The lowest BCUT2D eigenvalue weighted by atomic mass is 10.0. The Hall–Kier alpha value is -1.19. The van der Waals surface area contributed by atoms with Gasteiger partial charge in [0, 0.05) is 35.2 Å². The van der Waals surface area contributed by atoms with Crippen molar-refractivity contribution in [1.29, 1.82) is 0 Å². The minimum absolute atomic E-state index is 0.537. The van der Waals surface area contributed by atoms with Gasteiger partial charge >= 0.3 is 0 Å². The van der Waals surface area contributed by atoms with E-state index in [1.165, 1.54) is 16.3 Å². The molecule has 1 atom stereocenters. The van der Waals surface area contributed by atoms with Crippen LogP contribution in [0.2, 0.25) is 0 Å². The van der Waals surface area contributed by atoms with Crippen LogP contribution in [0.4, 0.5) is 0 Å². The van der Waals surface area contributed by atoms with Crippen LogP contribution in [0.5, 0.6) is 0 Å². The number of benzene rings is 2. The minimum atomic E-state index is -0.959. The van der Waals surface area contributed by atoms with Crippen LogP contribution >= 0.6 is 0 Å². The summed E-state index contributed by atoms with van der Waals surface area (Å²) in [6.45, 7) is 10.0. The maximum absolute atomic E-state index is 12.1. The van der Waals surface area contributed by atoms with E-state index in [0.29, 0.717) is 12.1 Å². The molecule has 2 aromatic rings. The molecule has 0 radical (unpaired) electrons. The van der Waals surface area contributed by atoms with E-state index in [9.17, 15) is 4.21 Å². The fourth-order valence-electron chi connectivity index (χ4n) is 3.19. The van der Waals surface area contributed by atoms with Crippen LogP contribution in [-0.4, -0.2) is 34.0 Å². The Kier molecular flexibility index (Phi) is 5.76. The second-order valence-corrected chi connectivity index (χ2v) is 7.75. The van der Waals surface area contributed by atoms with Crippen molar-refractivity contribution in [2.24, 2.45) is 0 Å². The molecule has 0 aromatic heterocycles. The monoisotopic (exact) mass is 317 g/mol. The quantitative estimate of drug-likeness (QED) is 0.794. The molecule has 0 bridgehead atoms. The molecule has 0 amide bonds. The van der Waals surface area contributed by atoms with Crippen molar-refractivity contribution in [3.8, 4) is 0 Å². The third kappa shape index (κ3) is 3.76. The average Bonchev–Trinajstić information content (AvgIpc) is 2.46. The van der Waals surface area contributed by atoms with Gasteiger partial charge in [-0.2, -0.15) is 0 Å². The smallest absolute Gasteiger partial charge is 0.0504 e. The molecule has 0 N–H and O–H groups in total. The summed E-state index contributed by atoms with van der Waals surface area (Å²) in [5.74, 6) is 0. The number of fused-ring (bicyclic) bond motifs is 1. The summed E-state index contributed by atoms with van der Waals surface area (Å²) >= 11 is 0. The highest BCUT2D eigenvalue weighted by Gasteiger charge is 2.15. The Morgan fingerprint density at radius 3 is 2.14 bits per heavy atom. The van der Waals surface area contributed by atoms with Crippen LogP contribution in [0, 0.1) is 0 Å². The van der Waals surface area contributed by atoms with E-state index in [1.54, 1.807) is 6.26 Å². The predicted octanol–water partition coefficient (Wildman–Crippen LogP) is 4.24. The topological polar surface area (TPSA) is 20.3 Å². The molecule has 3 heteroatoms. The number of rotatable bonds is 6. The average molecular weight is 317 g/mol. The normalized spacial score (nSPS) is 13.5. The van der Waals surface area contributed by atoms with Gasteiger partial charge in [0.2, 0.25) is 0 Å². The van der Waals surface area contributed by atoms with Crippen molar-refractivity contribution in [2.45, 2.75) is 51.1 Å². The fourth-order valence-corrected chi connectivity index (χ4v) is 4.00. The molecule has 0 saturated heterocycles. The van der Waals surface area contributed by atoms with Gasteiger partial charge in [-0.1, -0.05) is 30.3 Å². The van der Waals surface area contributed by atoms with Crippen molar-refractivity contribution >= 4 is 21.6 Å². The summed E-state index contributed by atoms with van der Waals surface area (Å²) in [6.07, 6.45) is 2.75. The van der Waals surface area contributed by atoms with Crippen molar-refractivity contribution < 1.29 is 4.21 Å². The van der Waals surface area contributed by atoms with E-state index in [1.807, 2.05) is 12.1 Å². The van der Waals surface area contributed by atoms with Crippen molar-refractivity contribution in [2.75, 3.05) is 12.8 Å². The zero-order chi connectivity index (χ0) is 16.3. The number of nitrogens with zero attached hydrogens (tertiary/aromatic N) is 1. The van der Waals surface area contributed by atoms with Crippen LogP contribution in [0.15, 0.2) is 41.3 Å². The molecule has 2 nitrogen and oxygen atoms in total. The number of hydrogen-bond acceptors (Lipinski definition) is 2. The van der Waals surface area contributed by atoms with Gasteiger partial charge in [-0.05, 0) is 51.1 Å².